The second-order valence-corrected chi connectivity index (χ2v) is 9.19. The maximum atomic E-state index is 12.2. The smallest absolute Gasteiger partial charge is 0.273 e. The average Bonchev–Trinajstić information content (AvgIpc) is 3.36. The molecule has 1 N–H and O–H groups in total. The van der Waals surface area contributed by atoms with Gasteiger partial charge in [0.05, 0.1) is 16.7 Å². The van der Waals surface area contributed by atoms with Gasteiger partial charge in [0.1, 0.15) is 29.5 Å². The van der Waals surface area contributed by atoms with Gasteiger partial charge in [0, 0.05) is 24.6 Å². The Morgan fingerprint density at radius 1 is 1.16 bits per heavy atom. The molecule has 1 atom stereocenters. The number of carbonyl (C=O) groups is 1. The van der Waals surface area contributed by atoms with Gasteiger partial charge >= 0.3 is 0 Å². The van der Waals surface area contributed by atoms with E-state index in [1.54, 1.807) is 24.3 Å². The van der Waals surface area contributed by atoms with Crippen molar-refractivity contribution in [1.82, 2.24) is 5.32 Å². The Bertz CT molecular complexity index is 997. The van der Waals surface area contributed by atoms with Crippen molar-refractivity contribution in [1.29, 1.82) is 0 Å². The van der Waals surface area contributed by atoms with Crippen molar-refractivity contribution in [3.05, 3.63) is 57.6 Å². The third kappa shape index (κ3) is 5.89. The molecule has 0 heterocycles. The zero-order valence-corrected chi connectivity index (χ0v) is 19.8. The van der Waals surface area contributed by atoms with E-state index in [4.69, 9.17) is 60.7 Å². The van der Waals surface area contributed by atoms with Crippen molar-refractivity contribution < 1.29 is 19.1 Å². The van der Waals surface area contributed by atoms with Crippen molar-refractivity contribution in [3.63, 3.8) is 0 Å². The van der Waals surface area contributed by atoms with Gasteiger partial charge in [-0.05, 0) is 18.1 Å². The molecule has 0 radical (unpaired) electrons. The fraction of sp³-hybridized carbons (Fsp3) is 0.333. The van der Waals surface area contributed by atoms with Crippen LogP contribution in [-0.4, -0.2) is 36.7 Å². The monoisotopic (exact) mass is 504 g/mol. The van der Waals surface area contributed by atoms with E-state index in [1.807, 2.05) is 12.1 Å². The highest BCUT2D eigenvalue weighted by molar-refractivity contribution is 6.50. The van der Waals surface area contributed by atoms with E-state index in [0.717, 1.165) is 0 Å². The van der Waals surface area contributed by atoms with Crippen molar-refractivity contribution in [2.24, 2.45) is 11.1 Å². The van der Waals surface area contributed by atoms with Crippen molar-refractivity contribution in [2.45, 2.75) is 17.4 Å². The van der Waals surface area contributed by atoms with Crippen molar-refractivity contribution in [2.75, 3.05) is 20.8 Å². The summed E-state index contributed by atoms with van der Waals surface area (Å²) in [6.45, 7) is 0.450. The number of halogens is 4. The van der Waals surface area contributed by atoms with Gasteiger partial charge in [-0.3, -0.25) is 4.79 Å². The number of ether oxygens (including phenoxy) is 2. The van der Waals surface area contributed by atoms with E-state index < -0.39 is 4.33 Å². The lowest BCUT2D eigenvalue weighted by molar-refractivity contribution is -0.114. The Morgan fingerprint density at radius 2 is 1.81 bits per heavy atom. The molecule has 31 heavy (non-hydrogen) atoms. The number of likely N-dealkylation sites (N-methyl/N-ethyl adjacent to an activating group) is 1. The zero-order valence-electron chi connectivity index (χ0n) is 16.8. The highest BCUT2D eigenvalue weighted by atomic mass is 35.5. The topological polar surface area (TPSA) is 69.2 Å². The molecule has 10 heteroatoms. The van der Waals surface area contributed by atoms with Gasteiger partial charge in [0.25, 0.3) is 5.91 Å². The lowest BCUT2D eigenvalue weighted by atomic mass is 10.0. The molecule has 166 valence electrons. The highest BCUT2D eigenvalue weighted by Crippen LogP contribution is 2.53. The Morgan fingerprint density at radius 3 is 2.42 bits per heavy atom. The fourth-order valence-electron chi connectivity index (χ4n) is 2.83. The van der Waals surface area contributed by atoms with E-state index in [9.17, 15) is 4.79 Å². The predicted octanol–water partition coefficient (Wildman–Crippen LogP) is 5.24. The first-order valence-electron chi connectivity index (χ1n) is 9.30. The standard InChI is InChI=1S/C21H20Cl4N2O4/c1-26-20(28)19(27-29-2)14-6-4-3-5-12(14)10-30-17-8-18(16(23)7-15(17)22)31-11-13-9-21(13,24)25/h3-8,13H,9-11H2,1-2H3,(H,26,28)/b27-19+. The molecule has 1 saturated carbocycles. The van der Waals surface area contributed by atoms with Crippen LogP contribution in [0, 0.1) is 5.92 Å². The largest absolute Gasteiger partial charge is 0.491 e. The number of alkyl halides is 2. The van der Waals surface area contributed by atoms with Crippen LogP contribution in [0.25, 0.3) is 0 Å². The SMILES string of the molecule is CNC(=O)/C(=N/OC)c1ccccc1COc1cc(OCC2CC2(Cl)Cl)c(Cl)cc1Cl. The number of hydrogen-bond donors (Lipinski definition) is 1. The number of nitrogens with one attached hydrogen (secondary N) is 1. The van der Waals surface area contributed by atoms with E-state index in [2.05, 4.69) is 10.5 Å². The molecule has 1 fully saturated rings. The van der Waals surface area contributed by atoms with Gasteiger partial charge in [0.15, 0.2) is 5.71 Å². The number of amides is 1. The molecule has 1 amide bonds. The van der Waals surface area contributed by atoms with Crippen LogP contribution in [0.5, 0.6) is 11.5 Å². The van der Waals surface area contributed by atoms with Crippen LogP contribution in [0.4, 0.5) is 0 Å². The second kappa shape index (κ2) is 10.2. The number of rotatable bonds is 9. The van der Waals surface area contributed by atoms with Gasteiger partial charge in [0.2, 0.25) is 0 Å². The number of carbonyl (C=O) groups excluding carboxylic acids is 1. The summed E-state index contributed by atoms with van der Waals surface area (Å²) in [5.74, 6) is 0.448. The molecule has 1 aliphatic carbocycles. The normalized spacial score (nSPS) is 17.1. The maximum Gasteiger partial charge on any atom is 0.273 e. The van der Waals surface area contributed by atoms with E-state index in [1.165, 1.54) is 14.2 Å². The minimum Gasteiger partial charge on any atom is -0.491 e. The summed E-state index contributed by atoms with van der Waals surface area (Å²) in [7, 11) is 2.89. The molecule has 2 aromatic rings. The summed E-state index contributed by atoms with van der Waals surface area (Å²) < 4.78 is 10.9. The van der Waals surface area contributed by atoms with Gasteiger partial charge in [-0.2, -0.15) is 0 Å². The first kappa shape index (κ1) is 23.8. The van der Waals surface area contributed by atoms with Gasteiger partial charge in [-0.15, -0.1) is 23.2 Å². The molecule has 0 spiro atoms. The molecular formula is C21H20Cl4N2O4. The van der Waals surface area contributed by atoms with Crippen LogP contribution in [0.15, 0.2) is 41.6 Å². The van der Waals surface area contributed by atoms with Gasteiger partial charge < -0.3 is 19.6 Å². The average molecular weight is 506 g/mol. The molecule has 3 rings (SSSR count). The minimum absolute atomic E-state index is 0.0435. The van der Waals surface area contributed by atoms with Crippen LogP contribution in [0.2, 0.25) is 10.0 Å². The quantitative estimate of drug-likeness (QED) is 0.287. The summed E-state index contributed by atoms with van der Waals surface area (Å²) in [4.78, 5) is 17.0. The number of hydrogen-bond acceptors (Lipinski definition) is 5. The minimum atomic E-state index is -0.742. The number of benzene rings is 2. The van der Waals surface area contributed by atoms with E-state index >= 15 is 0 Å². The highest BCUT2D eigenvalue weighted by Gasteiger charge is 2.52. The number of nitrogens with zero attached hydrogens (tertiary/aromatic N) is 1. The fourth-order valence-corrected chi connectivity index (χ4v) is 3.82. The first-order valence-corrected chi connectivity index (χ1v) is 10.8. The molecule has 1 unspecified atom stereocenters. The lowest BCUT2D eigenvalue weighted by Crippen LogP contribution is -2.29. The van der Waals surface area contributed by atoms with E-state index in [0.29, 0.717) is 45.7 Å². The Hall–Kier alpha value is -1.86. The van der Waals surface area contributed by atoms with E-state index in [-0.39, 0.29) is 24.1 Å². The van der Waals surface area contributed by atoms with Crippen molar-refractivity contribution >= 4 is 58.0 Å². The van der Waals surface area contributed by atoms with Crippen LogP contribution in [0.1, 0.15) is 17.5 Å². The van der Waals surface area contributed by atoms with Gasteiger partial charge in [-0.25, -0.2) is 0 Å². The summed E-state index contributed by atoms with van der Waals surface area (Å²) in [5.41, 5.74) is 1.41. The zero-order chi connectivity index (χ0) is 22.6. The summed E-state index contributed by atoms with van der Waals surface area (Å²) in [6, 6.07) is 10.4. The molecule has 6 nitrogen and oxygen atoms in total. The summed E-state index contributed by atoms with van der Waals surface area (Å²) in [6.07, 6.45) is 0.665. The third-order valence-corrected chi connectivity index (χ3v) is 6.18. The summed E-state index contributed by atoms with van der Waals surface area (Å²) in [5, 5.41) is 7.06. The molecule has 2 aromatic carbocycles. The Kier molecular flexibility index (Phi) is 7.81. The Labute approximate surface area is 200 Å². The van der Waals surface area contributed by atoms with Gasteiger partial charge in [-0.1, -0.05) is 52.6 Å². The second-order valence-electron chi connectivity index (χ2n) is 6.83. The first-order chi connectivity index (χ1) is 14.8. The van der Waals surface area contributed by atoms with Crippen LogP contribution >= 0.6 is 46.4 Å². The molecule has 0 aromatic heterocycles. The van der Waals surface area contributed by atoms with Crippen LogP contribution in [-0.2, 0) is 16.2 Å². The van der Waals surface area contributed by atoms with Crippen molar-refractivity contribution in [3.8, 4) is 11.5 Å². The number of oxime groups is 1. The van der Waals surface area contributed by atoms with Crippen LogP contribution < -0.4 is 14.8 Å². The Balaban J connectivity index is 1.78. The molecule has 0 bridgehead atoms. The maximum absolute atomic E-state index is 12.2. The lowest BCUT2D eigenvalue weighted by Gasteiger charge is -2.15. The third-order valence-electron chi connectivity index (χ3n) is 4.66. The summed E-state index contributed by atoms with van der Waals surface area (Å²) >= 11 is 24.6. The molecule has 1 aliphatic rings. The van der Waals surface area contributed by atoms with Crippen LogP contribution in [0.3, 0.4) is 0 Å². The molecular weight excluding hydrogens is 486 g/mol. The molecule has 0 aliphatic heterocycles. The predicted molar refractivity (Wildman–Crippen MR) is 123 cm³/mol. The molecule has 0 saturated heterocycles.